The predicted octanol–water partition coefficient (Wildman–Crippen LogP) is 0.971. The largest absolute Gasteiger partial charge is 0.491 e. The normalized spacial score (nSPS) is 24.8. The summed E-state index contributed by atoms with van der Waals surface area (Å²) in [6, 6.07) is 9.32. The molecule has 1 aromatic carbocycles. The summed E-state index contributed by atoms with van der Waals surface area (Å²) >= 11 is 6.11. The highest BCUT2D eigenvalue weighted by atomic mass is 35.5. The molecule has 0 saturated carbocycles. The van der Waals surface area contributed by atoms with Gasteiger partial charge in [-0.15, -0.1) is 0 Å². The van der Waals surface area contributed by atoms with Crippen molar-refractivity contribution in [3.8, 4) is 5.75 Å². The number of aliphatic hydroxyl groups excluding tert-OH is 3. The Balaban J connectivity index is 1.55. The minimum atomic E-state index is -1.26. The molecule has 5 atom stereocenters. The number of anilines is 1. The SMILES string of the molecule is CC(COc1ccccc1)Nc1nc(Cl)nc2c1ncn2[C@@H]1O[C@H](CO)[C@@H](O)[C@H]1O. The number of hydrogen-bond donors (Lipinski definition) is 4. The van der Waals surface area contributed by atoms with Gasteiger partial charge in [0.1, 0.15) is 30.7 Å². The van der Waals surface area contributed by atoms with E-state index in [-0.39, 0.29) is 11.3 Å². The smallest absolute Gasteiger partial charge is 0.226 e. The maximum Gasteiger partial charge on any atom is 0.226 e. The summed E-state index contributed by atoms with van der Waals surface area (Å²) in [5, 5.41) is 32.8. The van der Waals surface area contributed by atoms with E-state index in [2.05, 4.69) is 20.3 Å². The van der Waals surface area contributed by atoms with Gasteiger partial charge in [0.05, 0.1) is 19.0 Å². The quantitative estimate of drug-likeness (QED) is 0.400. The third kappa shape index (κ3) is 4.05. The lowest BCUT2D eigenvalue weighted by molar-refractivity contribution is -0.0511. The van der Waals surface area contributed by atoms with Crippen molar-refractivity contribution < 1.29 is 24.8 Å². The van der Waals surface area contributed by atoms with Crippen LogP contribution in [0.15, 0.2) is 36.7 Å². The second-order valence-corrected chi connectivity index (χ2v) is 7.40. The number of rotatable bonds is 7. The van der Waals surface area contributed by atoms with Crippen LogP contribution in [0.1, 0.15) is 13.2 Å². The molecule has 0 aliphatic carbocycles. The molecule has 1 saturated heterocycles. The van der Waals surface area contributed by atoms with Crippen LogP contribution in [0.5, 0.6) is 5.75 Å². The van der Waals surface area contributed by atoms with Crippen LogP contribution in [0.4, 0.5) is 5.82 Å². The van der Waals surface area contributed by atoms with E-state index in [9.17, 15) is 15.3 Å². The molecule has 4 rings (SSSR count). The number of imidazole rings is 1. The van der Waals surface area contributed by atoms with Crippen molar-refractivity contribution in [2.75, 3.05) is 18.5 Å². The Bertz CT molecular complexity index is 1000. The molecule has 0 radical (unpaired) electrons. The molecular formula is C19H22ClN5O5. The zero-order chi connectivity index (χ0) is 21.3. The number of ether oxygens (including phenoxy) is 2. The summed E-state index contributed by atoms with van der Waals surface area (Å²) < 4.78 is 12.8. The maximum atomic E-state index is 10.3. The number of nitrogens with zero attached hydrogens (tertiary/aromatic N) is 4. The van der Waals surface area contributed by atoms with E-state index < -0.39 is 31.1 Å². The monoisotopic (exact) mass is 435 g/mol. The summed E-state index contributed by atoms with van der Waals surface area (Å²) in [5.74, 6) is 1.16. The van der Waals surface area contributed by atoms with Gasteiger partial charge in [0.15, 0.2) is 23.2 Å². The molecule has 1 aliphatic heterocycles. The van der Waals surface area contributed by atoms with E-state index in [1.165, 1.54) is 10.9 Å². The second kappa shape index (κ2) is 8.70. The first-order chi connectivity index (χ1) is 14.5. The Labute approximate surface area is 177 Å². The van der Waals surface area contributed by atoms with Gasteiger partial charge < -0.3 is 30.1 Å². The minimum Gasteiger partial charge on any atom is -0.491 e. The Morgan fingerprint density at radius 2 is 2.00 bits per heavy atom. The molecule has 4 N–H and O–H groups in total. The molecule has 30 heavy (non-hydrogen) atoms. The first kappa shape index (κ1) is 20.8. The van der Waals surface area contributed by atoms with Gasteiger partial charge in [0.2, 0.25) is 5.28 Å². The van der Waals surface area contributed by atoms with E-state index in [1.54, 1.807) is 0 Å². The minimum absolute atomic E-state index is 0.0188. The lowest BCUT2D eigenvalue weighted by Crippen LogP contribution is -2.33. The molecule has 0 spiro atoms. The highest BCUT2D eigenvalue weighted by molar-refractivity contribution is 6.28. The van der Waals surface area contributed by atoms with Crippen LogP contribution in [-0.4, -0.2) is 72.4 Å². The number of aliphatic hydroxyl groups is 3. The molecule has 1 fully saturated rings. The van der Waals surface area contributed by atoms with Crippen molar-refractivity contribution in [2.45, 2.75) is 37.5 Å². The Morgan fingerprint density at radius 1 is 1.23 bits per heavy atom. The van der Waals surface area contributed by atoms with E-state index in [0.717, 1.165) is 5.75 Å². The van der Waals surface area contributed by atoms with Crippen molar-refractivity contribution >= 4 is 28.6 Å². The number of hydrogen-bond acceptors (Lipinski definition) is 9. The second-order valence-electron chi connectivity index (χ2n) is 7.06. The molecule has 3 heterocycles. The molecule has 0 bridgehead atoms. The fourth-order valence-corrected chi connectivity index (χ4v) is 3.46. The van der Waals surface area contributed by atoms with E-state index in [4.69, 9.17) is 21.1 Å². The van der Waals surface area contributed by atoms with Crippen LogP contribution in [0.2, 0.25) is 5.28 Å². The van der Waals surface area contributed by atoms with Crippen molar-refractivity contribution in [1.82, 2.24) is 19.5 Å². The summed E-state index contributed by atoms with van der Waals surface area (Å²) in [6.45, 7) is 1.87. The van der Waals surface area contributed by atoms with Gasteiger partial charge in [-0.05, 0) is 30.7 Å². The van der Waals surface area contributed by atoms with Crippen LogP contribution < -0.4 is 10.1 Å². The maximum absolute atomic E-state index is 10.3. The van der Waals surface area contributed by atoms with Crippen LogP contribution in [0, 0.1) is 0 Å². The molecule has 11 heteroatoms. The molecule has 1 aliphatic rings. The first-order valence-corrected chi connectivity index (χ1v) is 9.82. The molecule has 2 aromatic heterocycles. The highest BCUT2D eigenvalue weighted by Gasteiger charge is 2.44. The number of nitrogens with one attached hydrogen (secondary N) is 1. The topological polar surface area (TPSA) is 135 Å². The standard InChI is InChI=1S/C19H22ClN5O5/c1-10(8-29-11-5-3-2-4-6-11)22-16-13-17(24-19(20)23-16)25(9-21-13)18-15(28)14(27)12(7-26)30-18/h2-6,9-10,12,14-15,18,26-28H,7-8H2,1H3,(H,22,23,24)/t10?,12-,14-,15-,18-/m1/s1. The number of halogens is 1. The average Bonchev–Trinajstić information content (AvgIpc) is 3.28. The fourth-order valence-electron chi connectivity index (χ4n) is 3.30. The van der Waals surface area contributed by atoms with Gasteiger partial charge in [0.25, 0.3) is 0 Å². The molecule has 160 valence electrons. The number of para-hydroxylation sites is 1. The molecule has 0 amide bonds. The van der Waals surface area contributed by atoms with Gasteiger partial charge in [-0.2, -0.15) is 9.97 Å². The third-order valence-electron chi connectivity index (χ3n) is 4.81. The van der Waals surface area contributed by atoms with Crippen molar-refractivity contribution in [1.29, 1.82) is 0 Å². The van der Waals surface area contributed by atoms with Gasteiger partial charge in [-0.1, -0.05) is 18.2 Å². The van der Waals surface area contributed by atoms with Gasteiger partial charge >= 0.3 is 0 Å². The van der Waals surface area contributed by atoms with Crippen LogP contribution in [-0.2, 0) is 4.74 Å². The van der Waals surface area contributed by atoms with Crippen molar-refractivity contribution in [3.63, 3.8) is 0 Å². The third-order valence-corrected chi connectivity index (χ3v) is 4.98. The summed E-state index contributed by atoms with van der Waals surface area (Å²) in [6.07, 6.45) is -2.95. The van der Waals surface area contributed by atoms with E-state index in [1.807, 2.05) is 37.3 Å². The zero-order valence-corrected chi connectivity index (χ0v) is 16.8. The lowest BCUT2D eigenvalue weighted by atomic mass is 10.1. The fraction of sp³-hybridized carbons (Fsp3) is 0.421. The number of benzene rings is 1. The Morgan fingerprint density at radius 3 is 2.70 bits per heavy atom. The van der Waals surface area contributed by atoms with Crippen molar-refractivity contribution in [3.05, 3.63) is 41.9 Å². The van der Waals surface area contributed by atoms with E-state index >= 15 is 0 Å². The van der Waals surface area contributed by atoms with Crippen molar-refractivity contribution in [2.24, 2.45) is 0 Å². The highest BCUT2D eigenvalue weighted by Crippen LogP contribution is 2.32. The average molecular weight is 436 g/mol. The Kier molecular flexibility index (Phi) is 6.02. The van der Waals surface area contributed by atoms with Crippen LogP contribution in [0.3, 0.4) is 0 Å². The molecule has 10 nitrogen and oxygen atoms in total. The molecule has 3 aromatic rings. The lowest BCUT2D eigenvalue weighted by Gasteiger charge is -2.18. The summed E-state index contributed by atoms with van der Waals surface area (Å²) in [7, 11) is 0. The molecular weight excluding hydrogens is 414 g/mol. The predicted molar refractivity (Wildman–Crippen MR) is 108 cm³/mol. The molecule has 1 unspecified atom stereocenters. The summed E-state index contributed by atoms with van der Waals surface area (Å²) in [5.41, 5.74) is 0.743. The van der Waals surface area contributed by atoms with Crippen LogP contribution >= 0.6 is 11.6 Å². The van der Waals surface area contributed by atoms with Gasteiger partial charge in [-0.3, -0.25) is 4.57 Å². The zero-order valence-electron chi connectivity index (χ0n) is 16.1. The van der Waals surface area contributed by atoms with Gasteiger partial charge in [-0.25, -0.2) is 4.98 Å². The van der Waals surface area contributed by atoms with Gasteiger partial charge in [0, 0.05) is 0 Å². The number of fused-ring (bicyclic) bond motifs is 1. The van der Waals surface area contributed by atoms with Crippen LogP contribution in [0.25, 0.3) is 11.2 Å². The number of aromatic nitrogens is 4. The Hall–Kier alpha value is -2.50. The van der Waals surface area contributed by atoms with E-state index in [0.29, 0.717) is 23.6 Å². The first-order valence-electron chi connectivity index (χ1n) is 9.45. The summed E-state index contributed by atoms with van der Waals surface area (Å²) in [4.78, 5) is 12.7.